The van der Waals surface area contributed by atoms with Crippen LogP contribution in [0.25, 0.3) is 0 Å². The Balaban J connectivity index is 2.09. The lowest BCUT2D eigenvalue weighted by molar-refractivity contribution is -0.115. The van der Waals surface area contributed by atoms with Gasteiger partial charge in [-0.2, -0.15) is 0 Å². The summed E-state index contributed by atoms with van der Waals surface area (Å²) in [6.07, 6.45) is 1.57. The Morgan fingerprint density at radius 1 is 1.19 bits per heavy atom. The minimum absolute atomic E-state index is 0.0928. The first-order chi connectivity index (χ1) is 12.2. The van der Waals surface area contributed by atoms with Crippen LogP contribution < -0.4 is 15.4 Å². The van der Waals surface area contributed by atoms with Gasteiger partial charge in [0.05, 0.1) is 13.5 Å². The van der Waals surface area contributed by atoms with Crippen molar-refractivity contribution in [3.05, 3.63) is 52.8 Å². The molecule has 0 spiro atoms. The molecule has 0 bridgehead atoms. The third-order valence-electron chi connectivity index (χ3n) is 3.36. The second kappa shape index (κ2) is 8.19. The molecule has 1 aromatic carbocycles. The Morgan fingerprint density at radius 2 is 1.92 bits per heavy atom. The SMILES string of the molecule is COc1ccc(Cl)cc1CC(=O)Nc1ccnc(C(=O)NC(C)(C)C)c1. The molecule has 1 heterocycles. The lowest BCUT2D eigenvalue weighted by Gasteiger charge is -2.20. The predicted molar refractivity (Wildman–Crippen MR) is 102 cm³/mol. The highest BCUT2D eigenvalue weighted by molar-refractivity contribution is 6.30. The monoisotopic (exact) mass is 375 g/mol. The molecular formula is C19H22ClN3O3. The molecule has 0 aliphatic rings. The van der Waals surface area contributed by atoms with Crippen molar-refractivity contribution in [1.82, 2.24) is 10.3 Å². The van der Waals surface area contributed by atoms with Crippen molar-refractivity contribution in [3.63, 3.8) is 0 Å². The van der Waals surface area contributed by atoms with Crippen molar-refractivity contribution in [3.8, 4) is 5.75 Å². The van der Waals surface area contributed by atoms with Crippen molar-refractivity contribution >= 4 is 29.1 Å². The van der Waals surface area contributed by atoms with E-state index in [0.29, 0.717) is 22.0 Å². The number of benzene rings is 1. The maximum atomic E-state index is 12.3. The molecule has 2 rings (SSSR count). The van der Waals surface area contributed by atoms with Crippen LogP contribution in [0.5, 0.6) is 5.75 Å². The predicted octanol–water partition coefficient (Wildman–Crippen LogP) is 3.45. The fourth-order valence-electron chi connectivity index (χ4n) is 2.30. The largest absolute Gasteiger partial charge is 0.496 e. The third kappa shape index (κ3) is 5.74. The minimum Gasteiger partial charge on any atom is -0.496 e. The van der Waals surface area contributed by atoms with Crippen LogP contribution in [-0.2, 0) is 11.2 Å². The van der Waals surface area contributed by atoms with Gasteiger partial charge >= 0.3 is 0 Å². The number of anilines is 1. The summed E-state index contributed by atoms with van der Waals surface area (Å²) >= 11 is 5.99. The number of methoxy groups -OCH3 is 1. The zero-order valence-corrected chi connectivity index (χ0v) is 16.0. The van der Waals surface area contributed by atoms with Crippen LogP contribution in [0, 0.1) is 0 Å². The molecule has 7 heteroatoms. The first-order valence-corrected chi connectivity index (χ1v) is 8.46. The zero-order chi connectivity index (χ0) is 19.3. The number of rotatable bonds is 5. The molecule has 0 aliphatic heterocycles. The molecule has 0 radical (unpaired) electrons. The Morgan fingerprint density at radius 3 is 2.58 bits per heavy atom. The van der Waals surface area contributed by atoms with E-state index in [-0.39, 0.29) is 29.5 Å². The van der Waals surface area contributed by atoms with Crippen LogP contribution in [-0.4, -0.2) is 29.4 Å². The van der Waals surface area contributed by atoms with Crippen LogP contribution in [0.4, 0.5) is 5.69 Å². The summed E-state index contributed by atoms with van der Waals surface area (Å²) in [6, 6.07) is 8.26. The molecule has 0 aliphatic carbocycles. The summed E-state index contributed by atoms with van der Waals surface area (Å²) < 4.78 is 5.25. The van der Waals surface area contributed by atoms with E-state index in [0.717, 1.165) is 0 Å². The molecule has 2 amide bonds. The second-order valence-corrected chi connectivity index (χ2v) is 7.25. The maximum absolute atomic E-state index is 12.3. The summed E-state index contributed by atoms with van der Waals surface area (Å²) in [4.78, 5) is 28.6. The smallest absolute Gasteiger partial charge is 0.270 e. The van der Waals surface area contributed by atoms with Gasteiger partial charge in [-0.05, 0) is 51.1 Å². The zero-order valence-electron chi connectivity index (χ0n) is 15.2. The summed E-state index contributed by atoms with van der Waals surface area (Å²) in [7, 11) is 1.54. The summed E-state index contributed by atoms with van der Waals surface area (Å²) in [5.74, 6) is 0.0357. The van der Waals surface area contributed by atoms with E-state index in [9.17, 15) is 9.59 Å². The number of nitrogens with one attached hydrogen (secondary N) is 2. The van der Waals surface area contributed by atoms with Crippen molar-refractivity contribution < 1.29 is 14.3 Å². The van der Waals surface area contributed by atoms with E-state index in [4.69, 9.17) is 16.3 Å². The first-order valence-electron chi connectivity index (χ1n) is 8.09. The topological polar surface area (TPSA) is 80.3 Å². The Kier molecular flexibility index (Phi) is 6.21. The molecule has 0 fully saturated rings. The molecule has 138 valence electrons. The van der Waals surface area contributed by atoms with Gasteiger partial charge in [-0.3, -0.25) is 14.6 Å². The van der Waals surface area contributed by atoms with Gasteiger partial charge in [0.1, 0.15) is 11.4 Å². The number of aromatic nitrogens is 1. The van der Waals surface area contributed by atoms with Crippen molar-refractivity contribution in [1.29, 1.82) is 0 Å². The van der Waals surface area contributed by atoms with Crippen LogP contribution in [0.1, 0.15) is 36.8 Å². The molecule has 6 nitrogen and oxygen atoms in total. The standard InChI is InChI=1S/C19H22ClN3O3/c1-19(2,3)23-18(25)15-11-14(7-8-21-15)22-17(24)10-12-9-13(20)5-6-16(12)26-4/h5-9,11H,10H2,1-4H3,(H,23,25)(H,21,22,24). The molecule has 0 unspecified atom stereocenters. The van der Waals surface area contributed by atoms with Gasteiger partial charge in [0.2, 0.25) is 5.91 Å². The summed E-state index contributed by atoms with van der Waals surface area (Å²) in [5.41, 5.74) is 1.03. The summed E-state index contributed by atoms with van der Waals surface area (Å²) in [5, 5.41) is 6.12. The van der Waals surface area contributed by atoms with E-state index < -0.39 is 0 Å². The van der Waals surface area contributed by atoms with Crippen LogP contribution in [0.2, 0.25) is 5.02 Å². The fraction of sp³-hybridized carbons (Fsp3) is 0.316. The minimum atomic E-state index is -0.374. The number of carbonyl (C=O) groups excluding carboxylic acids is 2. The number of nitrogens with zero attached hydrogens (tertiary/aromatic N) is 1. The number of ether oxygens (including phenoxy) is 1. The Labute approximate surface area is 157 Å². The molecule has 2 N–H and O–H groups in total. The number of amides is 2. The van der Waals surface area contributed by atoms with E-state index in [1.54, 1.807) is 24.3 Å². The van der Waals surface area contributed by atoms with Gasteiger partial charge < -0.3 is 15.4 Å². The van der Waals surface area contributed by atoms with E-state index in [1.807, 2.05) is 20.8 Å². The van der Waals surface area contributed by atoms with Crippen LogP contribution in [0.3, 0.4) is 0 Å². The van der Waals surface area contributed by atoms with Gasteiger partial charge in [-0.15, -0.1) is 0 Å². The molecule has 0 atom stereocenters. The molecule has 26 heavy (non-hydrogen) atoms. The molecule has 2 aromatic rings. The third-order valence-corrected chi connectivity index (χ3v) is 3.59. The van der Waals surface area contributed by atoms with Crippen molar-refractivity contribution in [2.75, 3.05) is 12.4 Å². The molecule has 0 saturated heterocycles. The molecule has 1 aromatic heterocycles. The van der Waals surface area contributed by atoms with Crippen LogP contribution >= 0.6 is 11.6 Å². The summed E-state index contributed by atoms with van der Waals surface area (Å²) in [6.45, 7) is 5.65. The van der Waals surface area contributed by atoms with E-state index in [1.165, 1.54) is 19.4 Å². The lowest BCUT2D eigenvalue weighted by atomic mass is 10.1. The molecule has 0 saturated carbocycles. The highest BCUT2D eigenvalue weighted by atomic mass is 35.5. The van der Waals surface area contributed by atoms with Gasteiger partial charge in [0.15, 0.2) is 0 Å². The Bertz CT molecular complexity index is 816. The fourth-order valence-corrected chi connectivity index (χ4v) is 2.50. The van der Waals surface area contributed by atoms with Crippen molar-refractivity contribution in [2.24, 2.45) is 0 Å². The van der Waals surface area contributed by atoms with Gasteiger partial charge in [-0.25, -0.2) is 0 Å². The quantitative estimate of drug-likeness (QED) is 0.838. The van der Waals surface area contributed by atoms with E-state index >= 15 is 0 Å². The maximum Gasteiger partial charge on any atom is 0.270 e. The highest BCUT2D eigenvalue weighted by Gasteiger charge is 2.17. The normalized spacial score (nSPS) is 11.0. The lowest BCUT2D eigenvalue weighted by Crippen LogP contribution is -2.40. The Hall–Kier alpha value is -2.60. The second-order valence-electron chi connectivity index (χ2n) is 6.82. The number of pyridine rings is 1. The molecular weight excluding hydrogens is 354 g/mol. The first kappa shape index (κ1) is 19.7. The number of halogens is 1. The number of hydrogen-bond donors (Lipinski definition) is 2. The van der Waals surface area contributed by atoms with Gasteiger partial charge in [0.25, 0.3) is 5.91 Å². The van der Waals surface area contributed by atoms with Crippen LogP contribution in [0.15, 0.2) is 36.5 Å². The average Bonchev–Trinajstić information content (AvgIpc) is 2.53. The number of carbonyl (C=O) groups is 2. The van der Waals surface area contributed by atoms with Gasteiger partial charge in [-0.1, -0.05) is 11.6 Å². The average molecular weight is 376 g/mol. The van der Waals surface area contributed by atoms with Crippen molar-refractivity contribution in [2.45, 2.75) is 32.7 Å². The van der Waals surface area contributed by atoms with Gasteiger partial charge in [0, 0.05) is 28.0 Å². The van der Waals surface area contributed by atoms with E-state index in [2.05, 4.69) is 15.6 Å². The number of hydrogen-bond acceptors (Lipinski definition) is 4. The highest BCUT2D eigenvalue weighted by Crippen LogP contribution is 2.23.